The predicted molar refractivity (Wildman–Crippen MR) is 116 cm³/mol. The van der Waals surface area contributed by atoms with Crippen molar-refractivity contribution in [2.45, 2.75) is 83.7 Å². The molecule has 29 heavy (non-hydrogen) atoms. The predicted octanol–water partition coefficient (Wildman–Crippen LogP) is 7.93. The molecule has 0 spiro atoms. The summed E-state index contributed by atoms with van der Waals surface area (Å²) in [5, 5.41) is 0. The number of alkyl halides is 2. The zero-order chi connectivity index (χ0) is 20.5. The molecule has 1 saturated carbocycles. The van der Waals surface area contributed by atoms with E-state index < -0.39 is 6.61 Å². The van der Waals surface area contributed by atoms with E-state index in [0.717, 1.165) is 30.2 Å². The molecule has 1 aliphatic carbocycles. The number of unbranched alkanes of at least 4 members (excludes halogenated alkanes) is 2. The van der Waals surface area contributed by atoms with Crippen molar-refractivity contribution in [1.29, 1.82) is 0 Å². The summed E-state index contributed by atoms with van der Waals surface area (Å²) in [4.78, 5) is 0. The van der Waals surface area contributed by atoms with Crippen molar-refractivity contribution in [3.8, 4) is 5.75 Å². The van der Waals surface area contributed by atoms with Crippen LogP contribution in [-0.2, 0) is 12.8 Å². The van der Waals surface area contributed by atoms with Crippen LogP contribution in [-0.4, -0.2) is 6.61 Å². The molecule has 0 heterocycles. The van der Waals surface area contributed by atoms with E-state index in [1.54, 1.807) is 12.1 Å². The van der Waals surface area contributed by atoms with Crippen molar-refractivity contribution < 1.29 is 13.5 Å². The molecule has 0 unspecified atom stereocenters. The van der Waals surface area contributed by atoms with E-state index in [4.69, 9.17) is 0 Å². The lowest BCUT2D eigenvalue weighted by Gasteiger charge is -2.29. The molecule has 0 aliphatic heterocycles. The van der Waals surface area contributed by atoms with Gasteiger partial charge in [0, 0.05) is 0 Å². The standard InChI is InChI=1S/C26H34F2O/c1-2-3-4-5-20-8-14-23(15-9-20)24-16-10-21(11-17-24)6-7-22-12-18-25(19-13-22)29-26(27)28/h10-13,16-20,23,26H,2-9,14-15H2,1H3. The van der Waals surface area contributed by atoms with E-state index in [0.29, 0.717) is 0 Å². The van der Waals surface area contributed by atoms with E-state index >= 15 is 0 Å². The Hall–Kier alpha value is -1.90. The van der Waals surface area contributed by atoms with E-state index in [-0.39, 0.29) is 5.75 Å². The van der Waals surface area contributed by atoms with Crippen molar-refractivity contribution in [3.63, 3.8) is 0 Å². The summed E-state index contributed by atoms with van der Waals surface area (Å²) in [7, 11) is 0. The number of aryl methyl sites for hydroxylation is 2. The lowest BCUT2D eigenvalue weighted by molar-refractivity contribution is -0.0498. The van der Waals surface area contributed by atoms with Gasteiger partial charge in [0.15, 0.2) is 0 Å². The minimum Gasteiger partial charge on any atom is -0.435 e. The van der Waals surface area contributed by atoms with Gasteiger partial charge in [-0.1, -0.05) is 69.0 Å². The highest BCUT2D eigenvalue weighted by Gasteiger charge is 2.21. The molecule has 2 aromatic rings. The molecule has 1 nitrogen and oxygen atoms in total. The first-order valence-electron chi connectivity index (χ1n) is 11.3. The van der Waals surface area contributed by atoms with Gasteiger partial charge in [-0.15, -0.1) is 0 Å². The highest BCUT2D eigenvalue weighted by atomic mass is 19.3. The zero-order valence-electron chi connectivity index (χ0n) is 17.6. The monoisotopic (exact) mass is 400 g/mol. The van der Waals surface area contributed by atoms with Gasteiger partial charge in [-0.3, -0.25) is 0 Å². The average Bonchev–Trinajstić information content (AvgIpc) is 2.74. The van der Waals surface area contributed by atoms with Gasteiger partial charge in [-0.25, -0.2) is 0 Å². The molecule has 0 bridgehead atoms. The number of hydrogen-bond acceptors (Lipinski definition) is 1. The van der Waals surface area contributed by atoms with Crippen molar-refractivity contribution in [2.75, 3.05) is 0 Å². The van der Waals surface area contributed by atoms with Crippen LogP contribution < -0.4 is 4.74 Å². The van der Waals surface area contributed by atoms with Crippen LogP contribution in [0.4, 0.5) is 8.78 Å². The van der Waals surface area contributed by atoms with Crippen molar-refractivity contribution in [3.05, 3.63) is 65.2 Å². The Kier molecular flexibility index (Phi) is 8.52. The Morgan fingerprint density at radius 2 is 1.41 bits per heavy atom. The van der Waals surface area contributed by atoms with Crippen LogP contribution in [0.3, 0.4) is 0 Å². The molecule has 158 valence electrons. The molecule has 3 heteroatoms. The number of halogens is 2. The van der Waals surface area contributed by atoms with Crippen molar-refractivity contribution >= 4 is 0 Å². The maximum Gasteiger partial charge on any atom is 0.387 e. The van der Waals surface area contributed by atoms with Crippen LogP contribution in [0.25, 0.3) is 0 Å². The van der Waals surface area contributed by atoms with Crippen LogP contribution >= 0.6 is 0 Å². The lowest BCUT2D eigenvalue weighted by Crippen LogP contribution is -2.13. The lowest BCUT2D eigenvalue weighted by atomic mass is 9.77. The van der Waals surface area contributed by atoms with Gasteiger partial charge in [-0.2, -0.15) is 8.78 Å². The molecule has 0 radical (unpaired) electrons. The fraction of sp³-hybridized carbons (Fsp3) is 0.538. The second kappa shape index (κ2) is 11.3. The minimum atomic E-state index is -2.77. The average molecular weight is 401 g/mol. The summed E-state index contributed by atoms with van der Waals surface area (Å²) in [5.74, 6) is 1.90. The van der Waals surface area contributed by atoms with Crippen LogP contribution in [0.5, 0.6) is 5.75 Å². The van der Waals surface area contributed by atoms with Gasteiger partial charge in [0.05, 0.1) is 0 Å². The third-order valence-electron chi connectivity index (χ3n) is 6.36. The van der Waals surface area contributed by atoms with E-state index in [1.807, 2.05) is 12.1 Å². The summed E-state index contributed by atoms with van der Waals surface area (Å²) in [5.41, 5.74) is 3.96. The fourth-order valence-corrected chi connectivity index (χ4v) is 4.55. The van der Waals surface area contributed by atoms with Gasteiger partial charge in [0.25, 0.3) is 0 Å². The molecule has 0 amide bonds. The van der Waals surface area contributed by atoms with Crippen LogP contribution in [0.15, 0.2) is 48.5 Å². The number of benzene rings is 2. The Morgan fingerprint density at radius 1 is 0.828 bits per heavy atom. The Morgan fingerprint density at radius 3 is 1.97 bits per heavy atom. The first-order chi connectivity index (χ1) is 14.1. The van der Waals surface area contributed by atoms with Crippen LogP contribution in [0.1, 0.15) is 80.9 Å². The highest BCUT2D eigenvalue weighted by molar-refractivity contribution is 5.30. The number of rotatable bonds is 10. The molecule has 1 fully saturated rings. The largest absolute Gasteiger partial charge is 0.435 e. The van der Waals surface area contributed by atoms with Gasteiger partial charge in [0.2, 0.25) is 0 Å². The number of ether oxygens (including phenoxy) is 1. The molecule has 0 N–H and O–H groups in total. The minimum absolute atomic E-state index is 0.216. The number of hydrogen-bond donors (Lipinski definition) is 0. The molecule has 3 rings (SSSR count). The van der Waals surface area contributed by atoms with Crippen LogP contribution in [0.2, 0.25) is 0 Å². The highest BCUT2D eigenvalue weighted by Crippen LogP contribution is 2.37. The quantitative estimate of drug-likeness (QED) is 0.368. The van der Waals surface area contributed by atoms with Crippen molar-refractivity contribution in [2.24, 2.45) is 5.92 Å². The third kappa shape index (κ3) is 7.13. The summed E-state index contributed by atoms with van der Waals surface area (Å²) >= 11 is 0. The molecular formula is C26H34F2O. The maximum atomic E-state index is 12.2. The Labute approximate surface area is 174 Å². The van der Waals surface area contributed by atoms with E-state index in [9.17, 15) is 8.78 Å². The van der Waals surface area contributed by atoms with Gasteiger partial charge in [-0.05, 0) is 79.2 Å². The summed E-state index contributed by atoms with van der Waals surface area (Å²) in [6.45, 7) is -0.488. The summed E-state index contributed by atoms with van der Waals surface area (Å²) in [6, 6.07) is 16.1. The fourth-order valence-electron chi connectivity index (χ4n) is 4.55. The second-order valence-corrected chi connectivity index (χ2v) is 8.48. The van der Waals surface area contributed by atoms with Gasteiger partial charge < -0.3 is 4.74 Å². The molecule has 0 atom stereocenters. The second-order valence-electron chi connectivity index (χ2n) is 8.48. The third-order valence-corrected chi connectivity index (χ3v) is 6.36. The van der Waals surface area contributed by atoms with Crippen LogP contribution in [0, 0.1) is 5.92 Å². The normalized spacial score (nSPS) is 19.4. The summed E-state index contributed by atoms with van der Waals surface area (Å²) < 4.78 is 28.8. The SMILES string of the molecule is CCCCCC1CCC(c2ccc(CCc3ccc(OC(F)F)cc3)cc2)CC1. The molecule has 0 aromatic heterocycles. The van der Waals surface area contributed by atoms with Gasteiger partial charge in [0.1, 0.15) is 5.75 Å². The smallest absolute Gasteiger partial charge is 0.387 e. The molecular weight excluding hydrogens is 366 g/mol. The van der Waals surface area contributed by atoms with E-state index in [1.165, 1.54) is 62.5 Å². The first-order valence-corrected chi connectivity index (χ1v) is 11.3. The Bertz CT molecular complexity index is 700. The zero-order valence-corrected chi connectivity index (χ0v) is 17.6. The van der Waals surface area contributed by atoms with Crippen molar-refractivity contribution in [1.82, 2.24) is 0 Å². The maximum absolute atomic E-state index is 12.2. The topological polar surface area (TPSA) is 9.23 Å². The van der Waals surface area contributed by atoms with E-state index in [2.05, 4.69) is 35.9 Å². The molecule has 2 aromatic carbocycles. The molecule has 1 aliphatic rings. The first kappa shape index (κ1) is 21.8. The molecule has 0 saturated heterocycles. The Balaban J connectivity index is 1.43. The van der Waals surface area contributed by atoms with Gasteiger partial charge >= 0.3 is 6.61 Å². The summed E-state index contributed by atoms with van der Waals surface area (Å²) in [6.07, 6.45) is 12.8.